The Balaban J connectivity index is 1.37. The molecule has 0 spiro atoms. The molecular weight excluding hydrogens is 450 g/mol. The van der Waals surface area contributed by atoms with E-state index in [1.54, 1.807) is 48.8 Å². The van der Waals surface area contributed by atoms with Gasteiger partial charge in [-0.2, -0.15) is 0 Å². The fourth-order valence-corrected chi connectivity index (χ4v) is 3.42. The summed E-state index contributed by atoms with van der Waals surface area (Å²) in [5, 5.41) is 18.2. The molecule has 5 N–H and O–H groups in total. The van der Waals surface area contributed by atoms with E-state index in [-0.39, 0.29) is 19.0 Å². The van der Waals surface area contributed by atoms with Crippen LogP contribution in [0, 0.1) is 11.8 Å². The number of pyridine rings is 2. The summed E-state index contributed by atoms with van der Waals surface area (Å²) in [5.74, 6) is 6.84. The molecule has 8 heteroatoms. The number of amides is 1. The molecule has 0 saturated heterocycles. The number of anilines is 2. The number of nitrogens with one attached hydrogen (secondary N) is 2. The molecule has 2 aromatic heterocycles. The highest BCUT2D eigenvalue weighted by atomic mass is 35.5. The molecule has 34 heavy (non-hydrogen) atoms. The summed E-state index contributed by atoms with van der Waals surface area (Å²) < 4.78 is 0. The third-order valence-electron chi connectivity index (χ3n) is 5.04. The number of aliphatic hydroxyl groups excluding tert-OH is 1. The molecule has 4 rings (SSSR count). The predicted molar refractivity (Wildman–Crippen MR) is 135 cm³/mol. The van der Waals surface area contributed by atoms with Crippen molar-refractivity contribution in [1.29, 1.82) is 0 Å². The van der Waals surface area contributed by atoms with Gasteiger partial charge in [-0.15, -0.1) is 0 Å². The van der Waals surface area contributed by atoms with Gasteiger partial charge in [0.05, 0.1) is 11.7 Å². The number of nitrogen functional groups attached to an aromatic ring is 1. The Morgan fingerprint density at radius 1 is 1.06 bits per heavy atom. The first kappa shape index (κ1) is 23.1. The molecule has 4 aromatic rings. The van der Waals surface area contributed by atoms with Gasteiger partial charge in [0.15, 0.2) is 0 Å². The summed E-state index contributed by atoms with van der Waals surface area (Å²) in [7, 11) is 0. The second-order valence-corrected chi connectivity index (χ2v) is 7.97. The van der Waals surface area contributed by atoms with E-state index in [0.717, 1.165) is 16.3 Å². The van der Waals surface area contributed by atoms with E-state index in [4.69, 9.17) is 17.3 Å². The summed E-state index contributed by atoms with van der Waals surface area (Å²) in [6.07, 6.45) is 2.59. The van der Waals surface area contributed by atoms with E-state index >= 15 is 0 Å². The van der Waals surface area contributed by atoms with E-state index in [0.29, 0.717) is 27.8 Å². The van der Waals surface area contributed by atoms with Crippen molar-refractivity contribution in [3.8, 4) is 11.8 Å². The smallest absolute Gasteiger partial charge is 0.251 e. The molecule has 1 amide bonds. The maximum absolute atomic E-state index is 12.4. The van der Waals surface area contributed by atoms with Gasteiger partial charge in [-0.1, -0.05) is 35.6 Å². The number of halogens is 1. The van der Waals surface area contributed by atoms with Crippen molar-refractivity contribution in [3.63, 3.8) is 0 Å². The van der Waals surface area contributed by atoms with Gasteiger partial charge in [0.1, 0.15) is 11.6 Å². The zero-order valence-electron chi connectivity index (χ0n) is 18.1. The lowest BCUT2D eigenvalue weighted by Crippen LogP contribution is -2.35. The Bertz CT molecular complexity index is 1360. The maximum Gasteiger partial charge on any atom is 0.251 e. The molecule has 1 atom stereocenters. The minimum absolute atomic E-state index is 0.107. The first-order valence-electron chi connectivity index (χ1n) is 10.6. The number of aliphatic hydroxyl groups is 1. The molecule has 0 aliphatic heterocycles. The number of hydrogen-bond donors (Lipinski definition) is 4. The van der Waals surface area contributed by atoms with Crippen molar-refractivity contribution < 1.29 is 9.90 Å². The van der Waals surface area contributed by atoms with Gasteiger partial charge in [0.25, 0.3) is 5.91 Å². The average molecular weight is 472 g/mol. The van der Waals surface area contributed by atoms with Crippen LogP contribution in [-0.4, -0.2) is 40.2 Å². The van der Waals surface area contributed by atoms with Gasteiger partial charge < -0.3 is 21.5 Å². The second kappa shape index (κ2) is 10.7. The van der Waals surface area contributed by atoms with Crippen LogP contribution in [-0.2, 0) is 0 Å². The summed E-state index contributed by atoms with van der Waals surface area (Å²) >= 11 is 6.13. The third-order valence-corrected chi connectivity index (χ3v) is 5.28. The van der Waals surface area contributed by atoms with Crippen LogP contribution >= 0.6 is 11.6 Å². The molecule has 7 nitrogen and oxygen atoms in total. The number of nitrogens with two attached hydrogens (primary N) is 1. The van der Waals surface area contributed by atoms with Gasteiger partial charge in [0.2, 0.25) is 0 Å². The van der Waals surface area contributed by atoms with Crippen molar-refractivity contribution in [3.05, 3.63) is 94.8 Å². The Morgan fingerprint density at radius 3 is 2.65 bits per heavy atom. The largest absolute Gasteiger partial charge is 0.389 e. The standard InChI is InChI=1S/C26H22ClN5O2/c27-20-10-9-19-14-31-25(28)22(23(19)13-20)11-6-17-4-7-18(8-5-17)26(34)32-16-21(33)15-30-24-3-1-2-12-29-24/h1-5,7-10,12-14,21,33H,15-16H2,(H2,28,31)(H,29,30)(H,32,34). The quantitative estimate of drug-likeness (QED) is 0.320. The highest BCUT2D eigenvalue weighted by Crippen LogP contribution is 2.24. The van der Waals surface area contributed by atoms with Gasteiger partial charge in [-0.25, -0.2) is 9.97 Å². The van der Waals surface area contributed by atoms with Crippen LogP contribution in [0.4, 0.5) is 11.6 Å². The molecule has 0 fully saturated rings. The van der Waals surface area contributed by atoms with Crippen LogP contribution in [0.25, 0.3) is 10.8 Å². The topological polar surface area (TPSA) is 113 Å². The Labute approximate surface area is 202 Å². The van der Waals surface area contributed by atoms with Gasteiger partial charge in [-0.3, -0.25) is 4.79 Å². The van der Waals surface area contributed by atoms with Gasteiger partial charge in [-0.05, 0) is 48.5 Å². The zero-order chi connectivity index (χ0) is 23.9. The molecule has 0 bridgehead atoms. The molecule has 2 heterocycles. The molecule has 2 aromatic carbocycles. The van der Waals surface area contributed by atoms with Crippen LogP contribution in [0.3, 0.4) is 0 Å². The molecule has 0 radical (unpaired) electrons. The lowest BCUT2D eigenvalue weighted by Gasteiger charge is -2.13. The van der Waals surface area contributed by atoms with Crippen LogP contribution in [0.1, 0.15) is 21.5 Å². The first-order chi connectivity index (χ1) is 16.5. The number of carbonyl (C=O) groups excluding carboxylic acids is 1. The van der Waals surface area contributed by atoms with Crippen LogP contribution in [0.15, 0.2) is 73.1 Å². The Hall–Kier alpha value is -4.12. The molecule has 170 valence electrons. The number of nitrogens with zero attached hydrogens (tertiary/aromatic N) is 2. The van der Waals surface area contributed by atoms with Crippen LogP contribution in [0.2, 0.25) is 5.02 Å². The maximum atomic E-state index is 12.4. The van der Waals surface area contributed by atoms with Crippen LogP contribution in [0.5, 0.6) is 0 Å². The Morgan fingerprint density at radius 2 is 1.88 bits per heavy atom. The monoisotopic (exact) mass is 471 g/mol. The van der Waals surface area contributed by atoms with Gasteiger partial charge in [0, 0.05) is 52.4 Å². The summed E-state index contributed by atoms with van der Waals surface area (Å²) in [6, 6.07) is 17.8. The van der Waals surface area contributed by atoms with E-state index in [1.165, 1.54) is 0 Å². The first-order valence-corrected chi connectivity index (χ1v) is 10.9. The number of aromatic nitrogens is 2. The number of carbonyl (C=O) groups is 1. The number of fused-ring (bicyclic) bond motifs is 1. The molecule has 0 aliphatic rings. The van der Waals surface area contributed by atoms with Crippen molar-refractivity contribution >= 4 is 39.9 Å². The molecule has 0 saturated carbocycles. The van der Waals surface area contributed by atoms with E-state index < -0.39 is 6.10 Å². The summed E-state index contributed by atoms with van der Waals surface area (Å²) in [6.45, 7) is 0.374. The van der Waals surface area contributed by atoms with E-state index in [1.807, 2.05) is 24.3 Å². The van der Waals surface area contributed by atoms with E-state index in [9.17, 15) is 9.90 Å². The summed E-state index contributed by atoms with van der Waals surface area (Å²) in [5.41, 5.74) is 7.83. The van der Waals surface area contributed by atoms with Gasteiger partial charge >= 0.3 is 0 Å². The van der Waals surface area contributed by atoms with E-state index in [2.05, 4.69) is 32.4 Å². The fraction of sp³-hybridized carbons (Fsp3) is 0.115. The van der Waals surface area contributed by atoms with Crippen molar-refractivity contribution in [2.45, 2.75) is 6.10 Å². The lowest BCUT2D eigenvalue weighted by molar-refractivity contribution is 0.0922. The molecular formula is C26H22ClN5O2. The number of rotatable bonds is 6. The van der Waals surface area contributed by atoms with Crippen molar-refractivity contribution in [1.82, 2.24) is 15.3 Å². The highest BCUT2D eigenvalue weighted by molar-refractivity contribution is 6.31. The summed E-state index contributed by atoms with van der Waals surface area (Å²) in [4.78, 5) is 20.7. The predicted octanol–water partition coefficient (Wildman–Crippen LogP) is 3.47. The minimum atomic E-state index is -0.760. The lowest BCUT2D eigenvalue weighted by atomic mass is 10.1. The number of hydrogen-bond acceptors (Lipinski definition) is 6. The molecule has 1 unspecified atom stereocenters. The number of benzene rings is 2. The molecule has 0 aliphatic carbocycles. The average Bonchev–Trinajstić information content (AvgIpc) is 2.86. The normalized spacial score (nSPS) is 11.4. The Kier molecular flexibility index (Phi) is 7.23. The SMILES string of the molecule is Nc1ncc2ccc(Cl)cc2c1C#Cc1ccc(C(=O)NCC(O)CNc2ccccn2)cc1. The van der Waals surface area contributed by atoms with Crippen molar-refractivity contribution in [2.75, 3.05) is 24.1 Å². The fourth-order valence-electron chi connectivity index (χ4n) is 3.24. The second-order valence-electron chi connectivity index (χ2n) is 7.54. The highest BCUT2D eigenvalue weighted by Gasteiger charge is 2.10. The van der Waals surface area contributed by atoms with Crippen molar-refractivity contribution in [2.24, 2.45) is 0 Å². The minimum Gasteiger partial charge on any atom is -0.389 e. The third kappa shape index (κ3) is 5.81. The zero-order valence-corrected chi connectivity index (χ0v) is 18.9. The van der Waals surface area contributed by atoms with Crippen LogP contribution < -0.4 is 16.4 Å².